The summed E-state index contributed by atoms with van der Waals surface area (Å²) in [7, 11) is 0. The Balaban J connectivity index is 1.71. The third-order valence-corrected chi connectivity index (χ3v) is 5.42. The Labute approximate surface area is 212 Å². The molecule has 0 radical (unpaired) electrons. The summed E-state index contributed by atoms with van der Waals surface area (Å²) in [5.41, 5.74) is 1.08. The Bertz CT molecular complexity index is 1480. The molecule has 12 heteroatoms. The summed E-state index contributed by atoms with van der Waals surface area (Å²) < 4.78 is 21.2. The van der Waals surface area contributed by atoms with Gasteiger partial charge in [-0.1, -0.05) is 0 Å². The van der Waals surface area contributed by atoms with E-state index in [4.69, 9.17) is 10.00 Å². The van der Waals surface area contributed by atoms with Gasteiger partial charge in [-0.05, 0) is 51.1 Å². The average Bonchev–Trinajstić information content (AvgIpc) is 3.30. The number of nitrogens with zero attached hydrogens (tertiary/aromatic N) is 6. The summed E-state index contributed by atoms with van der Waals surface area (Å²) in [6, 6.07) is 10.8. The fraction of sp³-hybridized carbons (Fsp3) is 0.280. The largest absolute Gasteiger partial charge is 0.464 e. The first-order valence-corrected chi connectivity index (χ1v) is 11.5. The number of nitriles is 1. The predicted molar refractivity (Wildman–Crippen MR) is 133 cm³/mol. The second kappa shape index (κ2) is 10.5. The molecule has 0 saturated heterocycles. The molecule has 0 bridgehead atoms. The van der Waals surface area contributed by atoms with Crippen molar-refractivity contribution in [1.82, 2.24) is 29.9 Å². The number of hydrogen-bond donors (Lipinski definition) is 3. The lowest BCUT2D eigenvalue weighted by atomic mass is 10.0. The van der Waals surface area contributed by atoms with Crippen LogP contribution >= 0.6 is 0 Å². The van der Waals surface area contributed by atoms with Crippen molar-refractivity contribution in [2.75, 3.05) is 18.5 Å². The monoisotopic (exact) mass is 504 g/mol. The quantitative estimate of drug-likeness (QED) is 0.312. The van der Waals surface area contributed by atoms with Gasteiger partial charge in [-0.25, -0.2) is 13.9 Å². The number of rotatable bonds is 9. The van der Waals surface area contributed by atoms with Gasteiger partial charge in [0.1, 0.15) is 18.1 Å². The van der Waals surface area contributed by atoms with E-state index in [1.54, 1.807) is 34.8 Å². The van der Waals surface area contributed by atoms with Gasteiger partial charge in [-0.3, -0.25) is 9.78 Å². The number of carbonyl (C=O) groups excluding carboxylic acids is 1. The van der Waals surface area contributed by atoms with Gasteiger partial charge >= 0.3 is 6.01 Å². The van der Waals surface area contributed by atoms with Crippen LogP contribution in [0.1, 0.15) is 36.7 Å². The molecule has 0 aliphatic rings. The lowest BCUT2D eigenvalue weighted by Gasteiger charge is -2.22. The molecule has 0 aromatic carbocycles. The van der Waals surface area contributed by atoms with Gasteiger partial charge < -0.3 is 20.5 Å². The summed E-state index contributed by atoms with van der Waals surface area (Å²) in [4.78, 5) is 25.8. The average molecular weight is 505 g/mol. The molecule has 4 aromatic heterocycles. The van der Waals surface area contributed by atoms with Crippen LogP contribution in [0, 0.1) is 11.3 Å². The summed E-state index contributed by atoms with van der Waals surface area (Å²) in [5.74, 6) is -0.231. The fourth-order valence-electron chi connectivity index (χ4n) is 3.41. The first kappa shape index (κ1) is 25.5. The standard InChI is InChI=1S/C25H25FN8O3/c1-4-37-24-28-8-7-22(33-24)32-18-10-19(20-6-5-16-9-15(11-27)12-31-34(16)20)29-13-17(18)23(35)30-14-21(26)25(2,3)36/h5-10,12-13,21,36H,4,14H2,1-3H3,(H,30,35)(H,28,29,32,33). The lowest BCUT2D eigenvalue weighted by molar-refractivity contribution is -0.00177. The van der Waals surface area contributed by atoms with Crippen LogP contribution in [-0.2, 0) is 0 Å². The summed E-state index contributed by atoms with van der Waals surface area (Å²) >= 11 is 0. The third-order valence-electron chi connectivity index (χ3n) is 5.42. The lowest BCUT2D eigenvalue weighted by Crippen LogP contribution is -2.42. The predicted octanol–water partition coefficient (Wildman–Crippen LogP) is 3.04. The van der Waals surface area contributed by atoms with E-state index in [-0.39, 0.29) is 18.1 Å². The van der Waals surface area contributed by atoms with Crippen molar-refractivity contribution in [2.45, 2.75) is 32.5 Å². The van der Waals surface area contributed by atoms with Crippen LogP contribution in [0.5, 0.6) is 6.01 Å². The van der Waals surface area contributed by atoms with Crippen molar-refractivity contribution in [3.8, 4) is 23.5 Å². The van der Waals surface area contributed by atoms with E-state index in [0.717, 1.165) is 0 Å². The maximum atomic E-state index is 14.2. The number of aliphatic hydroxyl groups is 1. The number of halogens is 1. The third kappa shape index (κ3) is 5.79. The van der Waals surface area contributed by atoms with Crippen molar-refractivity contribution in [1.29, 1.82) is 5.26 Å². The number of hydrogen-bond acceptors (Lipinski definition) is 9. The normalized spacial score (nSPS) is 12.1. The molecule has 37 heavy (non-hydrogen) atoms. The van der Waals surface area contributed by atoms with Gasteiger partial charge in [-0.15, -0.1) is 0 Å². The molecule has 4 rings (SSSR count). The van der Waals surface area contributed by atoms with Crippen molar-refractivity contribution >= 4 is 22.9 Å². The van der Waals surface area contributed by atoms with Gasteiger partial charge in [0.15, 0.2) is 0 Å². The molecular formula is C25H25FN8O3. The molecule has 3 N–H and O–H groups in total. The first-order valence-electron chi connectivity index (χ1n) is 11.5. The minimum absolute atomic E-state index is 0.129. The van der Waals surface area contributed by atoms with Crippen molar-refractivity contribution < 1.29 is 19.0 Å². The van der Waals surface area contributed by atoms with E-state index < -0.39 is 17.7 Å². The number of nitrogens with one attached hydrogen (secondary N) is 2. The van der Waals surface area contributed by atoms with Crippen molar-refractivity contribution in [3.63, 3.8) is 0 Å². The molecule has 0 spiro atoms. The number of fused-ring (bicyclic) bond motifs is 1. The zero-order valence-corrected chi connectivity index (χ0v) is 20.4. The zero-order valence-electron chi connectivity index (χ0n) is 20.4. The SMILES string of the molecule is CCOc1nccc(Nc2cc(-c3ccc4cc(C#N)cnn34)ncc2C(=O)NCC(F)C(C)(C)O)n1. The van der Waals surface area contributed by atoms with Crippen LogP contribution in [0.25, 0.3) is 16.9 Å². The molecule has 4 aromatic rings. The van der Waals surface area contributed by atoms with Gasteiger partial charge in [0.05, 0.1) is 58.7 Å². The smallest absolute Gasteiger partial charge is 0.318 e. The van der Waals surface area contributed by atoms with E-state index in [2.05, 4.69) is 36.8 Å². The highest BCUT2D eigenvalue weighted by Gasteiger charge is 2.27. The number of anilines is 2. The molecule has 0 aliphatic heterocycles. The van der Waals surface area contributed by atoms with E-state index in [1.807, 2.05) is 6.92 Å². The number of pyridine rings is 1. The van der Waals surface area contributed by atoms with Crippen LogP contribution < -0.4 is 15.4 Å². The Hall–Kier alpha value is -4.63. The number of carbonyl (C=O) groups is 1. The minimum atomic E-state index is -1.67. The van der Waals surface area contributed by atoms with Crippen LogP contribution in [0.15, 0.2) is 48.9 Å². The number of alkyl halides is 1. The molecular weight excluding hydrogens is 479 g/mol. The van der Waals surface area contributed by atoms with Crippen LogP contribution in [0.2, 0.25) is 0 Å². The Kier molecular flexibility index (Phi) is 7.26. The van der Waals surface area contributed by atoms with Gasteiger partial charge in [0, 0.05) is 12.4 Å². The Morgan fingerprint density at radius 2 is 2.08 bits per heavy atom. The maximum absolute atomic E-state index is 14.2. The van der Waals surface area contributed by atoms with E-state index in [1.165, 1.54) is 32.4 Å². The van der Waals surface area contributed by atoms with Crippen LogP contribution in [-0.4, -0.2) is 60.5 Å². The molecule has 1 atom stereocenters. The topological polar surface area (TPSA) is 150 Å². The Morgan fingerprint density at radius 1 is 1.27 bits per heavy atom. The molecule has 4 heterocycles. The van der Waals surface area contributed by atoms with E-state index >= 15 is 0 Å². The van der Waals surface area contributed by atoms with Crippen molar-refractivity contribution in [2.24, 2.45) is 0 Å². The molecule has 0 fully saturated rings. The second-order valence-corrected chi connectivity index (χ2v) is 8.64. The van der Waals surface area contributed by atoms with Crippen molar-refractivity contribution in [3.05, 3.63) is 60.0 Å². The van der Waals surface area contributed by atoms with Gasteiger partial charge in [-0.2, -0.15) is 15.3 Å². The van der Waals surface area contributed by atoms with E-state index in [0.29, 0.717) is 40.6 Å². The molecule has 11 nitrogen and oxygen atoms in total. The second-order valence-electron chi connectivity index (χ2n) is 8.64. The number of amides is 1. The van der Waals surface area contributed by atoms with Crippen LogP contribution in [0.4, 0.5) is 15.9 Å². The van der Waals surface area contributed by atoms with Gasteiger partial charge in [0.2, 0.25) is 0 Å². The summed E-state index contributed by atoms with van der Waals surface area (Å²) in [6.45, 7) is 4.45. The molecule has 190 valence electrons. The summed E-state index contributed by atoms with van der Waals surface area (Å²) in [5, 5.41) is 28.9. The van der Waals surface area contributed by atoms with Gasteiger partial charge in [0.25, 0.3) is 5.91 Å². The summed E-state index contributed by atoms with van der Waals surface area (Å²) in [6.07, 6.45) is 2.64. The fourth-order valence-corrected chi connectivity index (χ4v) is 3.41. The minimum Gasteiger partial charge on any atom is -0.464 e. The van der Waals surface area contributed by atoms with E-state index in [9.17, 15) is 14.3 Å². The first-order chi connectivity index (χ1) is 17.7. The highest BCUT2D eigenvalue weighted by molar-refractivity contribution is 6.00. The molecule has 1 amide bonds. The molecule has 0 saturated carbocycles. The highest BCUT2D eigenvalue weighted by atomic mass is 19.1. The highest BCUT2D eigenvalue weighted by Crippen LogP contribution is 2.27. The van der Waals surface area contributed by atoms with Crippen LogP contribution in [0.3, 0.4) is 0 Å². The zero-order chi connectivity index (χ0) is 26.6. The number of aromatic nitrogens is 5. The molecule has 1 unspecified atom stereocenters. The molecule has 0 aliphatic carbocycles. The Morgan fingerprint density at radius 3 is 2.81 bits per heavy atom. The maximum Gasteiger partial charge on any atom is 0.318 e. The number of ether oxygens (including phenoxy) is 1.